The second kappa shape index (κ2) is 6.68. The highest BCUT2D eigenvalue weighted by Crippen LogP contribution is 2.32. The van der Waals surface area contributed by atoms with Gasteiger partial charge in [0.05, 0.1) is 3.79 Å². The molecule has 1 rings (SSSR count). The van der Waals surface area contributed by atoms with E-state index in [-0.39, 0.29) is 17.8 Å². The third kappa shape index (κ3) is 5.08. The smallest absolute Gasteiger partial charge is 0.303 e. The Morgan fingerprint density at radius 1 is 1.56 bits per heavy atom. The molecule has 0 spiro atoms. The number of hydrogen-bond acceptors (Lipinski definition) is 3. The van der Waals surface area contributed by atoms with Gasteiger partial charge in [-0.25, -0.2) is 0 Å². The molecule has 2 N–H and O–H groups in total. The fraction of sp³-hybridized carbons (Fsp3) is 0.615. The van der Waals surface area contributed by atoms with Crippen LogP contribution in [0, 0.1) is 5.92 Å². The molecule has 5 heteroatoms. The molecule has 1 atom stereocenters. The molecule has 102 valence electrons. The quantitative estimate of drug-likeness (QED) is 0.802. The molecule has 0 saturated heterocycles. The maximum atomic E-state index is 10.6. The van der Waals surface area contributed by atoms with Gasteiger partial charge in [0.25, 0.3) is 0 Å². The van der Waals surface area contributed by atoms with E-state index in [2.05, 4.69) is 47.2 Å². The van der Waals surface area contributed by atoms with Gasteiger partial charge in [-0.15, -0.1) is 11.3 Å². The summed E-state index contributed by atoms with van der Waals surface area (Å²) in [6.45, 7) is 7.93. The average Bonchev–Trinajstić information content (AvgIpc) is 2.64. The van der Waals surface area contributed by atoms with Crippen LogP contribution in [0.2, 0.25) is 0 Å². The number of carboxylic acid groups (broad SMARTS) is 1. The fourth-order valence-electron chi connectivity index (χ4n) is 1.77. The van der Waals surface area contributed by atoms with Crippen molar-refractivity contribution < 1.29 is 9.90 Å². The Morgan fingerprint density at radius 2 is 2.22 bits per heavy atom. The zero-order chi connectivity index (χ0) is 13.8. The molecule has 1 aromatic heterocycles. The van der Waals surface area contributed by atoms with Gasteiger partial charge in [0.1, 0.15) is 0 Å². The largest absolute Gasteiger partial charge is 0.481 e. The maximum Gasteiger partial charge on any atom is 0.303 e. The highest BCUT2D eigenvalue weighted by Gasteiger charge is 2.22. The summed E-state index contributed by atoms with van der Waals surface area (Å²) in [6.07, 6.45) is 0.220. The van der Waals surface area contributed by atoms with Crippen LogP contribution in [-0.4, -0.2) is 24.2 Å². The summed E-state index contributed by atoms with van der Waals surface area (Å²) in [7, 11) is 0. The van der Waals surface area contributed by atoms with Crippen LogP contribution in [0.3, 0.4) is 0 Å². The topological polar surface area (TPSA) is 49.3 Å². The van der Waals surface area contributed by atoms with Crippen molar-refractivity contribution in [3.05, 3.63) is 20.8 Å². The minimum Gasteiger partial charge on any atom is -0.481 e. The van der Waals surface area contributed by atoms with Crippen molar-refractivity contribution in [3.63, 3.8) is 0 Å². The summed E-state index contributed by atoms with van der Waals surface area (Å²) in [5, 5.41) is 12.1. The minimum absolute atomic E-state index is 0.0691. The number of carboxylic acids is 1. The summed E-state index contributed by atoms with van der Waals surface area (Å²) in [6, 6.07) is 4.20. The molecule has 1 heterocycles. The summed E-state index contributed by atoms with van der Waals surface area (Å²) < 4.78 is 1.14. The lowest BCUT2D eigenvalue weighted by Crippen LogP contribution is -2.35. The van der Waals surface area contributed by atoms with Crippen LogP contribution < -0.4 is 5.32 Å². The maximum absolute atomic E-state index is 10.6. The van der Waals surface area contributed by atoms with E-state index in [4.69, 9.17) is 5.11 Å². The molecule has 0 aromatic carbocycles. The van der Waals surface area contributed by atoms with Gasteiger partial charge >= 0.3 is 5.97 Å². The molecular weight excluding hydrogens is 314 g/mol. The Morgan fingerprint density at radius 3 is 2.72 bits per heavy atom. The van der Waals surface area contributed by atoms with E-state index < -0.39 is 5.97 Å². The van der Waals surface area contributed by atoms with Gasteiger partial charge in [-0.05, 0) is 40.5 Å². The lowest BCUT2D eigenvalue weighted by atomic mass is 9.91. The van der Waals surface area contributed by atoms with Gasteiger partial charge in [0, 0.05) is 23.3 Å². The van der Waals surface area contributed by atoms with Gasteiger partial charge in [0.15, 0.2) is 0 Å². The van der Waals surface area contributed by atoms with Crippen LogP contribution in [0.4, 0.5) is 0 Å². The lowest BCUT2D eigenvalue weighted by Gasteiger charge is -2.24. The Bertz CT molecular complexity index is 403. The molecular formula is C13H20BrNO2S. The van der Waals surface area contributed by atoms with Gasteiger partial charge in [-0.1, -0.05) is 20.8 Å². The highest BCUT2D eigenvalue weighted by molar-refractivity contribution is 9.11. The number of thiophene rings is 1. The zero-order valence-corrected chi connectivity index (χ0v) is 13.4. The first kappa shape index (κ1) is 15.7. The van der Waals surface area contributed by atoms with Crippen LogP contribution in [0.25, 0.3) is 0 Å². The number of rotatable bonds is 7. The van der Waals surface area contributed by atoms with Crippen molar-refractivity contribution in [1.29, 1.82) is 0 Å². The second-order valence-corrected chi connectivity index (χ2v) is 7.78. The second-order valence-electron chi connectivity index (χ2n) is 5.32. The third-order valence-corrected chi connectivity index (χ3v) is 4.81. The summed E-state index contributed by atoms with van der Waals surface area (Å²) in [4.78, 5) is 11.9. The molecule has 0 aliphatic rings. The van der Waals surface area contributed by atoms with E-state index in [1.807, 2.05) is 6.92 Å². The van der Waals surface area contributed by atoms with E-state index >= 15 is 0 Å². The molecule has 3 nitrogen and oxygen atoms in total. The summed E-state index contributed by atoms with van der Waals surface area (Å²) in [5.41, 5.74) is 0.0691. The van der Waals surface area contributed by atoms with E-state index in [1.165, 1.54) is 4.88 Å². The van der Waals surface area contributed by atoms with Crippen molar-refractivity contribution in [2.45, 2.75) is 32.6 Å². The monoisotopic (exact) mass is 333 g/mol. The predicted molar refractivity (Wildman–Crippen MR) is 79.3 cm³/mol. The van der Waals surface area contributed by atoms with Crippen LogP contribution >= 0.6 is 27.3 Å². The van der Waals surface area contributed by atoms with Crippen molar-refractivity contribution in [2.24, 2.45) is 5.92 Å². The van der Waals surface area contributed by atoms with Crippen molar-refractivity contribution in [1.82, 2.24) is 5.32 Å². The number of halogens is 1. The first-order valence-corrected chi connectivity index (χ1v) is 7.60. The number of carbonyl (C=O) groups is 1. The molecule has 0 aliphatic heterocycles. The molecule has 0 radical (unpaired) electrons. The lowest BCUT2D eigenvalue weighted by molar-refractivity contribution is -0.137. The van der Waals surface area contributed by atoms with Gasteiger partial charge < -0.3 is 10.4 Å². The van der Waals surface area contributed by atoms with Crippen LogP contribution in [0.15, 0.2) is 15.9 Å². The molecule has 0 fully saturated rings. The van der Waals surface area contributed by atoms with Crippen molar-refractivity contribution >= 4 is 33.2 Å². The van der Waals surface area contributed by atoms with E-state index in [0.717, 1.165) is 16.9 Å². The first-order chi connectivity index (χ1) is 8.31. The molecule has 1 aromatic rings. The molecule has 0 amide bonds. The van der Waals surface area contributed by atoms with E-state index in [9.17, 15) is 4.79 Å². The van der Waals surface area contributed by atoms with E-state index in [1.54, 1.807) is 11.3 Å². The van der Waals surface area contributed by atoms with Crippen molar-refractivity contribution in [3.8, 4) is 0 Å². The Balaban J connectivity index is 2.40. The Kier molecular flexibility index (Phi) is 5.82. The predicted octanol–water partition coefficient (Wildman–Crippen LogP) is 3.49. The van der Waals surface area contributed by atoms with Crippen LogP contribution in [0.5, 0.6) is 0 Å². The highest BCUT2D eigenvalue weighted by atomic mass is 79.9. The fourth-order valence-corrected chi connectivity index (χ4v) is 3.25. The Hall–Kier alpha value is -0.390. The SMILES string of the molecule is CC(CNCC(C)(C)c1ccc(Br)s1)CC(=O)O. The molecule has 18 heavy (non-hydrogen) atoms. The van der Waals surface area contributed by atoms with Crippen LogP contribution in [0.1, 0.15) is 32.1 Å². The number of nitrogens with one attached hydrogen (secondary N) is 1. The molecule has 0 saturated carbocycles. The molecule has 0 aliphatic carbocycles. The third-order valence-electron chi connectivity index (χ3n) is 2.82. The van der Waals surface area contributed by atoms with Gasteiger partial charge in [-0.2, -0.15) is 0 Å². The van der Waals surface area contributed by atoms with Gasteiger partial charge in [0.2, 0.25) is 0 Å². The zero-order valence-electron chi connectivity index (χ0n) is 11.0. The van der Waals surface area contributed by atoms with Crippen molar-refractivity contribution in [2.75, 3.05) is 13.1 Å². The van der Waals surface area contributed by atoms with Gasteiger partial charge in [-0.3, -0.25) is 4.79 Å². The van der Waals surface area contributed by atoms with E-state index in [0.29, 0.717) is 0 Å². The normalized spacial score (nSPS) is 13.6. The number of aliphatic carboxylic acids is 1. The van der Waals surface area contributed by atoms with Crippen LogP contribution in [-0.2, 0) is 10.2 Å². The standard InChI is InChI=1S/C13H20BrNO2S/c1-9(6-12(16)17)7-15-8-13(2,3)10-4-5-11(14)18-10/h4-5,9,15H,6-8H2,1-3H3,(H,16,17). The summed E-state index contributed by atoms with van der Waals surface area (Å²) >= 11 is 5.22. The Labute approximate surface area is 121 Å². The average molecular weight is 334 g/mol. The minimum atomic E-state index is -0.731. The number of hydrogen-bond donors (Lipinski definition) is 2. The first-order valence-electron chi connectivity index (χ1n) is 5.99. The molecule has 1 unspecified atom stereocenters. The summed E-state index contributed by atoms with van der Waals surface area (Å²) in [5.74, 6) is -0.570. The molecule has 0 bridgehead atoms.